The number of rotatable bonds is 2. The van der Waals surface area contributed by atoms with Crippen molar-refractivity contribution in [1.82, 2.24) is 14.8 Å². The molecule has 3 rings (SSSR count). The number of nitrogens with zero attached hydrogens (tertiary/aromatic N) is 2. The SMILES string of the molecule is CC1(c2n[nH]c(=S)n2C2CC2)CCCC1. The first kappa shape index (κ1) is 9.58. The third-order valence-electron chi connectivity index (χ3n) is 3.86. The van der Waals surface area contributed by atoms with Crippen molar-refractivity contribution in [3.05, 3.63) is 10.6 Å². The number of nitrogens with one attached hydrogen (secondary N) is 1. The second-order valence-electron chi connectivity index (χ2n) is 5.22. The molecule has 1 aromatic heterocycles. The Bertz CT molecular complexity index is 421. The first-order valence-corrected chi connectivity index (χ1v) is 6.29. The van der Waals surface area contributed by atoms with E-state index in [2.05, 4.69) is 21.7 Å². The van der Waals surface area contributed by atoms with Crippen LogP contribution in [0.25, 0.3) is 0 Å². The Balaban J connectivity index is 2.07. The van der Waals surface area contributed by atoms with E-state index in [0.717, 1.165) is 4.77 Å². The fourth-order valence-corrected chi connectivity index (χ4v) is 3.06. The molecule has 0 atom stereocenters. The van der Waals surface area contributed by atoms with Crippen molar-refractivity contribution in [3.63, 3.8) is 0 Å². The molecule has 0 saturated heterocycles. The monoisotopic (exact) mass is 223 g/mol. The van der Waals surface area contributed by atoms with Crippen molar-refractivity contribution in [2.24, 2.45) is 0 Å². The molecule has 2 aliphatic rings. The summed E-state index contributed by atoms with van der Waals surface area (Å²) < 4.78 is 3.10. The Labute approximate surface area is 94.9 Å². The van der Waals surface area contributed by atoms with Crippen molar-refractivity contribution in [2.45, 2.75) is 56.9 Å². The highest BCUT2D eigenvalue weighted by Gasteiger charge is 2.38. The predicted octanol–water partition coefficient (Wildman–Crippen LogP) is 3.11. The molecule has 4 heteroatoms. The van der Waals surface area contributed by atoms with E-state index in [1.165, 1.54) is 44.3 Å². The van der Waals surface area contributed by atoms with Gasteiger partial charge in [-0.15, -0.1) is 0 Å². The van der Waals surface area contributed by atoms with Crippen LogP contribution in [0.5, 0.6) is 0 Å². The molecule has 1 N–H and O–H groups in total. The van der Waals surface area contributed by atoms with Crippen LogP contribution < -0.4 is 0 Å². The summed E-state index contributed by atoms with van der Waals surface area (Å²) in [6.45, 7) is 2.34. The highest BCUT2D eigenvalue weighted by Crippen LogP contribution is 2.44. The Hall–Kier alpha value is -0.640. The van der Waals surface area contributed by atoms with Crippen LogP contribution in [0.4, 0.5) is 0 Å². The minimum absolute atomic E-state index is 0.274. The van der Waals surface area contributed by atoms with Gasteiger partial charge in [-0.25, -0.2) is 0 Å². The fourth-order valence-electron chi connectivity index (χ4n) is 2.78. The van der Waals surface area contributed by atoms with Gasteiger partial charge in [-0.3, -0.25) is 5.10 Å². The number of aromatic amines is 1. The van der Waals surface area contributed by atoms with E-state index in [0.29, 0.717) is 6.04 Å². The lowest BCUT2D eigenvalue weighted by molar-refractivity contribution is 0.430. The van der Waals surface area contributed by atoms with Gasteiger partial charge >= 0.3 is 0 Å². The molecule has 1 heterocycles. The van der Waals surface area contributed by atoms with Crippen LogP contribution in [-0.4, -0.2) is 14.8 Å². The van der Waals surface area contributed by atoms with Crippen molar-refractivity contribution >= 4 is 12.2 Å². The molecule has 0 aromatic carbocycles. The van der Waals surface area contributed by atoms with Crippen LogP contribution in [0.2, 0.25) is 0 Å². The molecule has 3 nitrogen and oxygen atoms in total. The van der Waals surface area contributed by atoms with E-state index in [9.17, 15) is 0 Å². The first-order chi connectivity index (χ1) is 7.21. The molecule has 15 heavy (non-hydrogen) atoms. The highest BCUT2D eigenvalue weighted by atomic mass is 32.1. The smallest absolute Gasteiger partial charge is 0.195 e. The highest BCUT2D eigenvalue weighted by molar-refractivity contribution is 7.71. The lowest BCUT2D eigenvalue weighted by Crippen LogP contribution is -2.22. The number of aromatic nitrogens is 3. The lowest BCUT2D eigenvalue weighted by Gasteiger charge is -2.23. The summed E-state index contributed by atoms with van der Waals surface area (Å²) in [5.74, 6) is 1.22. The van der Waals surface area contributed by atoms with Gasteiger partial charge in [0.05, 0.1) is 0 Å². The summed E-state index contributed by atoms with van der Waals surface area (Å²) in [5.41, 5.74) is 0.274. The van der Waals surface area contributed by atoms with E-state index in [1.807, 2.05) is 0 Å². The van der Waals surface area contributed by atoms with Crippen molar-refractivity contribution in [2.75, 3.05) is 0 Å². The zero-order chi connectivity index (χ0) is 10.5. The number of H-pyrrole nitrogens is 1. The number of hydrogen-bond donors (Lipinski definition) is 1. The van der Waals surface area contributed by atoms with Crippen LogP contribution in [0.1, 0.15) is 57.3 Å². The maximum Gasteiger partial charge on any atom is 0.195 e. The molecule has 0 radical (unpaired) electrons. The van der Waals surface area contributed by atoms with Gasteiger partial charge in [0.1, 0.15) is 5.82 Å². The fraction of sp³-hybridized carbons (Fsp3) is 0.818. The third-order valence-corrected chi connectivity index (χ3v) is 4.15. The van der Waals surface area contributed by atoms with E-state index >= 15 is 0 Å². The van der Waals surface area contributed by atoms with E-state index in [4.69, 9.17) is 12.2 Å². The Morgan fingerprint density at radius 1 is 1.40 bits per heavy atom. The van der Waals surface area contributed by atoms with Gasteiger partial charge in [-0.05, 0) is 37.9 Å². The molecular weight excluding hydrogens is 206 g/mol. The number of hydrogen-bond acceptors (Lipinski definition) is 2. The van der Waals surface area contributed by atoms with Crippen LogP contribution in [0, 0.1) is 4.77 Å². The Morgan fingerprint density at radius 3 is 2.67 bits per heavy atom. The van der Waals surface area contributed by atoms with E-state index in [1.54, 1.807) is 0 Å². The van der Waals surface area contributed by atoms with E-state index in [-0.39, 0.29) is 5.41 Å². The zero-order valence-corrected chi connectivity index (χ0v) is 9.94. The summed E-state index contributed by atoms with van der Waals surface area (Å²) in [4.78, 5) is 0. The van der Waals surface area contributed by atoms with Crippen molar-refractivity contribution in [1.29, 1.82) is 0 Å². The maximum absolute atomic E-state index is 5.32. The summed E-state index contributed by atoms with van der Waals surface area (Å²) in [7, 11) is 0. The third kappa shape index (κ3) is 1.46. The van der Waals surface area contributed by atoms with Gasteiger partial charge in [-0.1, -0.05) is 19.8 Å². The molecule has 2 fully saturated rings. The predicted molar refractivity (Wildman–Crippen MR) is 61.5 cm³/mol. The molecule has 0 bridgehead atoms. The maximum atomic E-state index is 5.32. The minimum atomic E-state index is 0.274. The van der Waals surface area contributed by atoms with E-state index < -0.39 is 0 Å². The molecule has 0 spiro atoms. The van der Waals surface area contributed by atoms with Crippen LogP contribution in [-0.2, 0) is 5.41 Å². The minimum Gasteiger partial charge on any atom is -0.301 e. The summed E-state index contributed by atoms with van der Waals surface area (Å²) in [6.07, 6.45) is 7.74. The largest absolute Gasteiger partial charge is 0.301 e. The molecular formula is C11H17N3S. The summed E-state index contributed by atoms with van der Waals surface area (Å²) >= 11 is 5.32. The Kier molecular flexibility index (Phi) is 2.03. The molecule has 0 unspecified atom stereocenters. The summed E-state index contributed by atoms with van der Waals surface area (Å²) in [5, 5.41) is 7.45. The van der Waals surface area contributed by atoms with Crippen LogP contribution >= 0.6 is 12.2 Å². The topological polar surface area (TPSA) is 33.6 Å². The molecule has 82 valence electrons. The second-order valence-corrected chi connectivity index (χ2v) is 5.61. The standard InChI is InChI=1S/C11H17N3S/c1-11(6-2-3-7-11)9-12-13-10(15)14(9)8-4-5-8/h8H,2-7H2,1H3,(H,13,15). The second kappa shape index (κ2) is 3.17. The summed E-state index contributed by atoms with van der Waals surface area (Å²) in [6, 6.07) is 0.642. The first-order valence-electron chi connectivity index (χ1n) is 5.88. The molecule has 0 aliphatic heterocycles. The normalized spacial score (nSPS) is 24.6. The van der Waals surface area contributed by atoms with Gasteiger partial charge < -0.3 is 4.57 Å². The Morgan fingerprint density at radius 2 is 2.07 bits per heavy atom. The van der Waals surface area contributed by atoms with Crippen LogP contribution in [0.15, 0.2) is 0 Å². The average molecular weight is 223 g/mol. The molecule has 0 amide bonds. The van der Waals surface area contributed by atoms with Gasteiger partial charge in [0.25, 0.3) is 0 Å². The van der Waals surface area contributed by atoms with Gasteiger partial charge in [0.2, 0.25) is 0 Å². The van der Waals surface area contributed by atoms with Crippen LogP contribution in [0.3, 0.4) is 0 Å². The lowest BCUT2D eigenvalue weighted by atomic mass is 9.88. The van der Waals surface area contributed by atoms with Crippen molar-refractivity contribution < 1.29 is 0 Å². The van der Waals surface area contributed by atoms with Crippen molar-refractivity contribution in [3.8, 4) is 0 Å². The zero-order valence-electron chi connectivity index (χ0n) is 9.12. The quantitative estimate of drug-likeness (QED) is 0.782. The van der Waals surface area contributed by atoms with Gasteiger partial charge in [0.15, 0.2) is 4.77 Å². The molecule has 2 aliphatic carbocycles. The molecule has 1 aromatic rings. The van der Waals surface area contributed by atoms with Gasteiger partial charge in [0, 0.05) is 11.5 Å². The molecule has 2 saturated carbocycles. The van der Waals surface area contributed by atoms with Gasteiger partial charge in [-0.2, -0.15) is 5.10 Å². The average Bonchev–Trinajstić information content (AvgIpc) is 2.83.